The van der Waals surface area contributed by atoms with Crippen LogP contribution in [0.2, 0.25) is 0 Å². The molecule has 2 spiro atoms. The summed E-state index contributed by atoms with van der Waals surface area (Å²) in [6.45, 7) is 5.12. The largest absolute Gasteiger partial charge is 0.310 e. The minimum Gasteiger partial charge on any atom is -0.310 e. The molecule has 6 aliphatic carbocycles. The van der Waals surface area contributed by atoms with Gasteiger partial charge in [-0.2, -0.15) is 0 Å². The van der Waals surface area contributed by atoms with Crippen LogP contribution in [0.5, 0.6) is 0 Å². The zero-order valence-electron chi connectivity index (χ0n) is 32.3. The van der Waals surface area contributed by atoms with E-state index >= 15 is 0 Å². The van der Waals surface area contributed by atoms with Gasteiger partial charge in [-0.05, 0) is 172 Å². The Kier molecular flexibility index (Phi) is 6.95. The molecule has 12 rings (SSSR count). The third kappa shape index (κ3) is 4.42. The molecular weight excluding hydrogens is 663 g/mol. The summed E-state index contributed by atoms with van der Waals surface area (Å²) >= 11 is 0. The second kappa shape index (κ2) is 11.8. The first-order valence-corrected chi connectivity index (χ1v) is 21.5. The predicted octanol–water partition coefficient (Wildman–Crippen LogP) is 14.3. The molecular formula is C54H51N. The number of hydrogen-bond donors (Lipinski definition) is 0. The van der Waals surface area contributed by atoms with Crippen molar-refractivity contribution in [3.63, 3.8) is 0 Å². The van der Waals surface area contributed by atoms with Gasteiger partial charge in [0.15, 0.2) is 0 Å². The van der Waals surface area contributed by atoms with E-state index in [1.807, 2.05) is 0 Å². The highest BCUT2D eigenvalue weighted by atomic mass is 15.1. The zero-order valence-corrected chi connectivity index (χ0v) is 32.3. The van der Waals surface area contributed by atoms with E-state index in [0.717, 1.165) is 23.7 Å². The number of fused-ring (bicyclic) bond motifs is 16. The molecule has 1 nitrogen and oxygen atoms in total. The van der Waals surface area contributed by atoms with Crippen molar-refractivity contribution in [2.45, 2.75) is 76.0 Å². The minimum atomic E-state index is 0.0582. The van der Waals surface area contributed by atoms with E-state index in [1.54, 1.807) is 22.3 Å². The Labute approximate surface area is 327 Å². The quantitative estimate of drug-likeness (QED) is 0.176. The Hall–Kier alpha value is -4.88. The van der Waals surface area contributed by atoms with Crippen LogP contribution in [0.1, 0.15) is 87.5 Å². The molecule has 0 aliphatic heterocycles. The molecule has 0 radical (unpaired) electrons. The third-order valence-electron chi connectivity index (χ3n) is 16.0. The second-order valence-electron chi connectivity index (χ2n) is 18.7. The average Bonchev–Trinajstić information content (AvgIpc) is 3.98. The van der Waals surface area contributed by atoms with Gasteiger partial charge < -0.3 is 4.90 Å². The van der Waals surface area contributed by atoms with Crippen molar-refractivity contribution in [2.75, 3.05) is 4.90 Å². The number of anilines is 3. The van der Waals surface area contributed by atoms with E-state index in [4.69, 9.17) is 0 Å². The fourth-order valence-electron chi connectivity index (χ4n) is 14.2. The lowest BCUT2D eigenvalue weighted by molar-refractivity contribution is 0.0426. The van der Waals surface area contributed by atoms with Gasteiger partial charge >= 0.3 is 0 Å². The first-order chi connectivity index (χ1) is 27.0. The highest BCUT2D eigenvalue weighted by Gasteiger charge is 2.58. The number of benzene rings is 6. The van der Waals surface area contributed by atoms with E-state index in [1.165, 1.54) is 102 Å². The van der Waals surface area contributed by atoms with Gasteiger partial charge in [0.05, 0.1) is 0 Å². The summed E-state index contributed by atoms with van der Waals surface area (Å²) < 4.78 is 0. The lowest BCUT2D eigenvalue weighted by Gasteiger charge is -2.54. The molecule has 0 N–H and O–H groups in total. The zero-order chi connectivity index (χ0) is 36.5. The Morgan fingerprint density at radius 3 is 1.78 bits per heavy atom. The topological polar surface area (TPSA) is 3.24 Å². The van der Waals surface area contributed by atoms with Crippen LogP contribution in [0.3, 0.4) is 0 Å². The fourth-order valence-corrected chi connectivity index (χ4v) is 14.2. The van der Waals surface area contributed by atoms with Gasteiger partial charge in [-0.15, -0.1) is 0 Å². The molecule has 55 heavy (non-hydrogen) atoms. The molecule has 0 saturated heterocycles. The lowest BCUT2D eigenvalue weighted by Crippen LogP contribution is -2.49. The van der Waals surface area contributed by atoms with E-state index in [0.29, 0.717) is 11.8 Å². The number of nitrogens with zero attached hydrogens (tertiary/aromatic N) is 1. The van der Waals surface area contributed by atoms with Gasteiger partial charge in [0.2, 0.25) is 0 Å². The normalized spacial score (nSPS) is 30.3. The van der Waals surface area contributed by atoms with Crippen LogP contribution < -0.4 is 4.90 Å². The summed E-state index contributed by atoms with van der Waals surface area (Å²) in [5.41, 5.74) is 18.7. The van der Waals surface area contributed by atoms with Crippen LogP contribution >= 0.6 is 0 Å². The molecule has 4 fully saturated rings. The summed E-state index contributed by atoms with van der Waals surface area (Å²) in [4.78, 5) is 2.61. The number of hydrogen-bond acceptors (Lipinski definition) is 1. The van der Waals surface area contributed by atoms with Crippen molar-refractivity contribution in [2.24, 2.45) is 35.5 Å². The van der Waals surface area contributed by atoms with Crippen LogP contribution in [0.4, 0.5) is 17.1 Å². The monoisotopic (exact) mass is 713 g/mol. The summed E-state index contributed by atoms with van der Waals surface area (Å²) in [5.74, 6) is 4.53. The lowest BCUT2D eigenvalue weighted by atomic mass is 9.49. The molecule has 8 atom stereocenters. The van der Waals surface area contributed by atoms with Crippen molar-refractivity contribution in [3.8, 4) is 33.4 Å². The summed E-state index contributed by atoms with van der Waals surface area (Å²) in [5, 5.41) is 0. The average molecular weight is 714 g/mol. The van der Waals surface area contributed by atoms with Gasteiger partial charge in [-0.1, -0.05) is 123 Å². The molecule has 4 bridgehead atoms. The molecule has 0 aromatic heterocycles. The highest BCUT2D eigenvalue weighted by molar-refractivity contribution is 5.89. The SMILES string of the molecule is C[C@@H]1CC2C[C@@H](C1)[C@@]1(c3ccccc3-c3ccc(N(c4ccc(-c5ccccc5)cc4)c4ccc5c(c4)[C@@]4(CC6CCC4C6)c4ccccc4-5)cc31)[C@@H](C)C2. The van der Waals surface area contributed by atoms with Crippen LogP contribution in [0.15, 0.2) is 140 Å². The molecule has 3 unspecified atom stereocenters. The molecule has 4 saturated carbocycles. The molecule has 0 amide bonds. The van der Waals surface area contributed by atoms with Gasteiger partial charge in [-0.25, -0.2) is 0 Å². The first-order valence-electron chi connectivity index (χ1n) is 21.5. The first kappa shape index (κ1) is 32.4. The third-order valence-corrected chi connectivity index (χ3v) is 16.0. The standard InChI is InChI=1S/C54H51N/c1-34-26-37-28-35(2)54(41(27-34)30-37)50-15-9-7-13-46(50)48-25-23-44(32-52(48)54)55(42-20-17-39(18-21-42)38-10-4-3-5-11-38)43-22-24-47-45-12-6-8-14-49(45)53(51(47)31-43)33-36-16-19-40(53)29-36/h3-15,17-18,20-25,31-32,34-37,40-41H,16,19,26-30,33H2,1-2H3/t34-,35+,36?,37?,40?,41-,53-,54-/m1/s1. The maximum absolute atomic E-state index is 2.66. The summed E-state index contributed by atoms with van der Waals surface area (Å²) in [7, 11) is 0. The van der Waals surface area contributed by atoms with E-state index < -0.39 is 0 Å². The van der Waals surface area contributed by atoms with Crippen LogP contribution in [-0.2, 0) is 10.8 Å². The van der Waals surface area contributed by atoms with Crippen LogP contribution in [0.25, 0.3) is 33.4 Å². The van der Waals surface area contributed by atoms with Crippen LogP contribution in [0, 0.1) is 35.5 Å². The Morgan fingerprint density at radius 1 is 0.455 bits per heavy atom. The van der Waals surface area contributed by atoms with Crippen molar-refractivity contribution < 1.29 is 0 Å². The van der Waals surface area contributed by atoms with E-state index in [9.17, 15) is 0 Å². The molecule has 6 aromatic carbocycles. The van der Waals surface area contributed by atoms with Gasteiger partial charge in [-0.3, -0.25) is 0 Å². The van der Waals surface area contributed by atoms with Crippen molar-refractivity contribution >= 4 is 17.1 Å². The van der Waals surface area contributed by atoms with E-state index in [2.05, 4.69) is 158 Å². The predicted molar refractivity (Wildman–Crippen MR) is 228 cm³/mol. The maximum Gasteiger partial charge on any atom is 0.0465 e. The molecule has 0 heterocycles. The molecule has 272 valence electrons. The summed E-state index contributed by atoms with van der Waals surface area (Å²) in [6.07, 6.45) is 10.9. The van der Waals surface area contributed by atoms with E-state index in [-0.39, 0.29) is 10.8 Å². The molecule has 6 aromatic rings. The molecule has 6 aliphatic rings. The Bertz CT molecular complexity index is 2470. The smallest absolute Gasteiger partial charge is 0.0465 e. The maximum atomic E-state index is 2.66. The Morgan fingerprint density at radius 2 is 1.05 bits per heavy atom. The second-order valence-corrected chi connectivity index (χ2v) is 18.7. The van der Waals surface area contributed by atoms with Crippen molar-refractivity contribution in [1.82, 2.24) is 0 Å². The minimum absolute atomic E-state index is 0.0582. The highest BCUT2D eigenvalue weighted by Crippen LogP contribution is 2.67. The van der Waals surface area contributed by atoms with Gasteiger partial charge in [0.1, 0.15) is 0 Å². The molecule has 1 heteroatoms. The number of rotatable bonds is 4. The Balaban J connectivity index is 1.06. The van der Waals surface area contributed by atoms with Crippen molar-refractivity contribution in [1.29, 1.82) is 0 Å². The summed E-state index contributed by atoms with van der Waals surface area (Å²) in [6, 6.07) is 54.3. The fraction of sp³-hybridized carbons (Fsp3) is 0.333. The van der Waals surface area contributed by atoms with Gasteiger partial charge in [0, 0.05) is 27.9 Å². The van der Waals surface area contributed by atoms with Gasteiger partial charge in [0.25, 0.3) is 0 Å². The van der Waals surface area contributed by atoms with Crippen LogP contribution in [-0.4, -0.2) is 0 Å². The van der Waals surface area contributed by atoms with Crippen molar-refractivity contribution in [3.05, 3.63) is 162 Å².